The van der Waals surface area contributed by atoms with Crippen molar-refractivity contribution < 1.29 is 0 Å². The average Bonchev–Trinajstić information content (AvgIpc) is 3.85. The van der Waals surface area contributed by atoms with Gasteiger partial charge in [-0.05, 0) is 73.0 Å². The van der Waals surface area contributed by atoms with Crippen molar-refractivity contribution in [2.45, 2.75) is 165 Å². The first kappa shape index (κ1) is 49.5. The largest absolute Gasteiger partial charge is 0.382 e. The van der Waals surface area contributed by atoms with Gasteiger partial charge in [0.25, 0.3) is 0 Å². The van der Waals surface area contributed by atoms with Gasteiger partial charge in [0.2, 0.25) is 0 Å². The van der Waals surface area contributed by atoms with Gasteiger partial charge in [0, 0.05) is 72.8 Å². The van der Waals surface area contributed by atoms with Gasteiger partial charge in [-0.3, -0.25) is 0 Å². The van der Waals surface area contributed by atoms with Gasteiger partial charge in [-0.2, -0.15) is 0 Å². The number of rotatable bonds is 29. The molecular formula is C49H88N6S. The van der Waals surface area contributed by atoms with Crippen LogP contribution in [0.5, 0.6) is 0 Å². The summed E-state index contributed by atoms with van der Waals surface area (Å²) < 4.78 is 0. The lowest BCUT2D eigenvalue weighted by atomic mass is 9.80. The number of aromatic nitrogens is 1. The molecule has 1 aromatic heterocycles. The van der Waals surface area contributed by atoms with Crippen molar-refractivity contribution in [3.63, 3.8) is 0 Å². The minimum Gasteiger partial charge on any atom is -0.382 e. The fourth-order valence-electron chi connectivity index (χ4n) is 9.56. The van der Waals surface area contributed by atoms with Crippen LogP contribution in [0.3, 0.4) is 0 Å². The number of nitrogens with zero attached hydrogens (tertiary/aromatic N) is 4. The fraction of sp³-hybridized carbons (Fsp3) is 0.735. The molecule has 2 N–H and O–H groups in total. The SMILES string of the molecule is C=C(NCc1nccs1)C(C)C(CC)C1CCCN1C(=C)CC(CC)C(C(C)CC)N(C)C(=C)CNC(=C)C(C(C)C)N(C)C(=C)CC(C)(C)CCCC(C)C. The summed E-state index contributed by atoms with van der Waals surface area (Å²) in [7, 11) is 4.47. The zero-order chi connectivity index (χ0) is 42.3. The summed E-state index contributed by atoms with van der Waals surface area (Å²) >= 11 is 1.69. The predicted octanol–water partition coefficient (Wildman–Crippen LogP) is 12.5. The molecule has 6 nitrogen and oxygen atoms in total. The number of allylic oxidation sites excluding steroid dienone is 3. The van der Waals surface area contributed by atoms with Gasteiger partial charge in [0.1, 0.15) is 5.01 Å². The van der Waals surface area contributed by atoms with E-state index in [9.17, 15) is 0 Å². The molecule has 7 unspecified atom stereocenters. The third kappa shape index (κ3) is 14.6. The first-order valence-corrected chi connectivity index (χ1v) is 23.2. The minimum absolute atomic E-state index is 0.151. The van der Waals surface area contributed by atoms with Crippen molar-refractivity contribution in [1.82, 2.24) is 30.3 Å². The van der Waals surface area contributed by atoms with E-state index in [1.54, 1.807) is 11.3 Å². The Kier molecular flexibility index (Phi) is 20.9. The Balaban J connectivity index is 2.11. The highest BCUT2D eigenvalue weighted by molar-refractivity contribution is 7.09. The molecular weight excluding hydrogens is 705 g/mol. The maximum absolute atomic E-state index is 4.81. The Hall–Kier alpha value is -2.67. The summed E-state index contributed by atoms with van der Waals surface area (Å²) in [5, 5.41) is 10.5. The van der Waals surface area contributed by atoms with Crippen LogP contribution in [0.25, 0.3) is 0 Å². The van der Waals surface area contributed by atoms with E-state index >= 15 is 0 Å². The fourth-order valence-corrected chi connectivity index (χ4v) is 10.1. The van der Waals surface area contributed by atoms with E-state index in [1.165, 1.54) is 43.5 Å². The Morgan fingerprint density at radius 1 is 0.929 bits per heavy atom. The van der Waals surface area contributed by atoms with Crippen LogP contribution in [0.4, 0.5) is 0 Å². The molecule has 1 aliphatic heterocycles. The minimum atomic E-state index is 0.151. The average molecular weight is 793 g/mol. The number of likely N-dealkylation sites (N-methyl/N-ethyl adjacent to an activating group) is 2. The van der Waals surface area contributed by atoms with E-state index in [0.29, 0.717) is 48.2 Å². The molecule has 56 heavy (non-hydrogen) atoms. The van der Waals surface area contributed by atoms with Crippen molar-refractivity contribution in [2.75, 3.05) is 27.2 Å². The third-order valence-corrected chi connectivity index (χ3v) is 14.0. The second kappa shape index (κ2) is 23.7. The zero-order valence-electron chi connectivity index (χ0n) is 38.8. The van der Waals surface area contributed by atoms with Gasteiger partial charge >= 0.3 is 0 Å². The van der Waals surface area contributed by atoms with Crippen molar-refractivity contribution in [3.05, 3.63) is 78.0 Å². The molecule has 0 spiro atoms. The van der Waals surface area contributed by atoms with Crippen LogP contribution in [0, 0.1) is 40.9 Å². The molecule has 0 bridgehead atoms. The molecule has 2 heterocycles. The second-order valence-corrected chi connectivity index (χ2v) is 19.9. The van der Waals surface area contributed by atoms with E-state index in [0.717, 1.165) is 73.2 Å². The molecule has 1 aromatic rings. The van der Waals surface area contributed by atoms with Gasteiger partial charge in [-0.15, -0.1) is 11.3 Å². The molecule has 0 aromatic carbocycles. The molecule has 0 saturated carbocycles. The maximum atomic E-state index is 4.81. The van der Waals surface area contributed by atoms with Crippen LogP contribution in [0.1, 0.15) is 145 Å². The van der Waals surface area contributed by atoms with E-state index < -0.39 is 0 Å². The van der Waals surface area contributed by atoms with Crippen LogP contribution in [0.2, 0.25) is 0 Å². The monoisotopic (exact) mass is 793 g/mol. The molecule has 7 heteroatoms. The Morgan fingerprint density at radius 3 is 2.16 bits per heavy atom. The van der Waals surface area contributed by atoms with Gasteiger partial charge in [-0.1, -0.05) is 141 Å². The van der Waals surface area contributed by atoms with Gasteiger partial charge in [0.05, 0.1) is 19.1 Å². The highest BCUT2D eigenvalue weighted by atomic mass is 32.1. The summed E-state index contributed by atoms with van der Waals surface area (Å²) in [6.45, 7) is 51.5. The summed E-state index contributed by atoms with van der Waals surface area (Å²) in [6, 6.07) is 1.00. The van der Waals surface area contributed by atoms with Gasteiger partial charge in [0.15, 0.2) is 0 Å². The van der Waals surface area contributed by atoms with E-state index in [-0.39, 0.29) is 11.5 Å². The Labute approximate surface area is 351 Å². The van der Waals surface area contributed by atoms with Crippen LogP contribution in [-0.4, -0.2) is 65.0 Å². The molecule has 1 saturated heterocycles. The number of hydrogen-bond donors (Lipinski definition) is 2. The third-order valence-electron chi connectivity index (χ3n) is 13.2. The highest BCUT2D eigenvalue weighted by Crippen LogP contribution is 2.39. The number of nitrogens with one attached hydrogen (secondary N) is 2. The first-order valence-electron chi connectivity index (χ1n) is 22.3. The highest BCUT2D eigenvalue weighted by Gasteiger charge is 2.37. The summed E-state index contributed by atoms with van der Waals surface area (Å²) in [4.78, 5) is 12.0. The predicted molar refractivity (Wildman–Crippen MR) is 248 cm³/mol. The van der Waals surface area contributed by atoms with E-state index in [4.69, 9.17) is 6.58 Å². The van der Waals surface area contributed by atoms with Gasteiger partial charge < -0.3 is 25.3 Å². The molecule has 7 atom stereocenters. The molecule has 0 amide bonds. The lowest BCUT2D eigenvalue weighted by Crippen LogP contribution is -2.46. The number of hydrogen-bond acceptors (Lipinski definition) is 7. The van der Waals surface area contributed by atoms with E-state index in [2.05, 4.69) is 147 Å². The van der Waals surface area contributed by atoms with Crippen LogP contribution in [0.15, 0.2) is 73.0 Å². The van der Waals surface area contributed by atoms with Crippen molar-refractivity contribution in [2.24, 2.45) is 40.9 Å². The topological polar surface area (TPSA) is 46.7 Å². The van der Waals surface area contributed by atoms with Crippen LogP contribution >= 0.6 is 11.3 Å². The van der Waals surface area contributed by atoms with Crippen LogP contribution in [-0.2, 0) is 6.54 Å². The van der Waals surface area contributed by atoms with Crippen molar-refractivity contribution in [1.29, 1.82) is 0 Å². The standard InChI is InChI=1S/C49H88N6S/c1-19-36(8)48(54(18)39(11)32-51-42(14)47(35(6)7)53(17)38(10)31-49(15,16)26-22-24-34(4)5)43(20-2)30-37(9)55-28-23-25-45(55)44(21-3)40(12)41(13)52-33-46-50-27-29-56-46/h27,29,34-36,40,43-45,47-48,51-52H,9-11,13-14,19-26,28,30-33H2,1-8,12,15-18H3. The van der Waals surface area contributed by atoms with Gasteiger partial charge in [-0.25, -0.2) is 4.98 Å². The molecule has 0 aliphatic carbocycles. The molecule has 320 valence electrons. The zero-order valence-corrected chi connectivity index (χ0v) is 39.6. The first-order chi connectivity index (χ1) is 26.3. The normalized spacial score (nSPS) is 17.9. The molecule has 0 radical (unpaired) electrons. The van der Waals surface area contributed by atoms with E-state index in [1.807, 2.05) is 11.6 Å². The molecule has 1 aliphatic rings. The van der Waals surface area contributed by atoms with Crippen LogP contribution < -0.4 is 10.6 Å². The smallest absolute Gasteiger partial charge is 0.112 e. The summed E-state index contributed by atoms with van der Waals surface area (Å²) in [5.74, 6) is 3.01. The summed E-state index contributed by atoms with van der Waals surface area (Å²) in [5.41, 5.74) is 5.98. The second-order valence-electron chi connectivity index (χ2n) is 18.9. The Bertz CT molecular complexity index is 1360. The lowest BCUT2D eigenvalue weighted by molar-refractivity contribution is 0.130. The molecule has 1 fully saturated rings. The van der Waals surface area contributed by atoms with Crippen molar-refractivity contribution >= 4 is 11.3 Å². The lowest BCUT2D eigenvalue weighted by Gasteiger charge is -2.43. The number of thiazole rings is 1. The Morgan fingerprint density at radius 2 is 1.61 bits per heavy atom. The summed E-state index contributed by atoms with van der Waals surface area (Å²) in [6.07, 6.45) is 13.4. The maximum Gasteiger partial charge on any atom is 0.112 e. The number of likely N-dealkylation sites (tertiary alicyclic amines) is 1. The molecule has 2 rings (SSSR count). The quantitative estimate of drug-likeness (QED) is 0.0843. The van der Waals surface area contributed by atoms with Crippen molar-refractivity contribution in [3.8, 4) is 0 Å².